The number of hydrogen-bond donors (Lipinski definition) is 1. The number of ketones is 1. The molecular weight excluding hydrogens is 262 g/mol. The Morgan fingerprint density at radius 3 is 2.61 bits per heavy atom. The number of esters is 1. The third kappa shape index (κ3) is 3.14. The third-order valence-electron chi connectivity index (χ3n) is 1.98. The van der Waals surface area contributed by atoms with Crippen LogP contribution >= 0.6 is 11.6 Å². The van der Waals surface area contributed by atoms with E-state index in [2.05, 4.69) is 9.91 Å². The Labute approximate surface area is 107 Å². The molecule has 0 fully saturated rings. The zero-order chi connectivity index (χ0) is 13.7. The molecule has 1 rings (SSSR count). The van der Waals surface area contributed by atoms with E-state index < -0.39 is 17.4 Å². The van der Waals surface area contributed by atoms with E-state index in [0.717, 1.165) is 19.3 Å². The van der Waals surface area contributed by atoms with Crippen LogP contribution in [0.1, 0.15) is 10.4 Å². The van der Waals surface area contributed by atoms with E-state index >= 15 is 0 Å². The highest BCUT2D eigenvalue weighted by Gasteiger charge is 2.15. The number of halogens is 1. The molecule has 0 bridgehead atoms. The van der Waals surface area contributed by atoms with E-state index in [4.69, 9.17) is 16.7 Å². The predicted octanol–water partition coefficient (Wildman–Crippen LogP) is 2.05. The van der Waals surface area contributed by atoms with Crippen molar-refractivity contribution in [3.8, 4) is 5.75 Å². The summed E-state index contributed by atoms with van der Waals surface area (Å²) in [6, 6.07) is 3.67. The molecule has 0 aliphatic rings. The molecule has 0 radical (unpaired) electrons. The van der Waals surface area contributed by atoms with Crippen molar-refractivity contribution in [1.82, 2.24) is 0 Å². The maximum Gasteiger partial charge on any atom is 0.360 e. The first-order chi connectivity index (χ1) is 8.49. The molecule has 0 aromatic heterocycles. The summed E-state index contributed by atoms with van der Waals surface area (Å²) in [6.45, 7) is 0. The highest BCUT2D eigenvalue weighted by molar-refractivity contribution is 6.34. The molecule has 1 aromatic rings. The van der Waals surface area contributed by atoms with E-state index in [1.165, 1.54) is 12.1 Å². The van der Waals surface area contributed by atoms with Crippen molar-refractivity contribution in [2.75, 3.05) is 7.11 Å². The van der Waals surface area contributed by atoms with Gasteiger partial charge < -0.3 is 9.84 Å². The monoisotopic (exact) mass is 269 g/mol. The second kappa shape index (κ2) is 5.92. The Kier molecular flexibility index (Phi) is 4.56. The smallest absolute Gasteiger partial charge is 0.360 e. The predicted molar refractivity (Wildman–Crippen MR) is 63.3 cm³/mol. The maximum atomic E-state index is 11.7. The molecule has 6 nitrogen and oxygen atoms in total. The second-order valence-electron chi connectivity index (χ2n) is 3.14. The van der Waals surface area contributed by atoms with Gasteiger partial charge in [-0.05, 0) is 23.4 Å². The summed E-state index contributed by atoms with van der Waals surface area (Å²) in [5.74, 6) is -1.82. The second-order valence-corrected chi connectivity index (χ2v) is 3.55. The fourth-order valence-electron chi connectivity index (χ4n) is 1.13. The van der Waals surface area contributed by atoms with E-state index in [1.54, 1.807) is 0 Å². The average molecular weight is 270 g/mol. The van der Waals surface area contributed by atoms with Crippen LogP contribution in [-0.2, 0) is 9.53 Å². The first-order valence-electron chi connectivity index (χ1n) is 4.65. The topological polar surface area (TPSA) is 93.0 Å². The number of carbonyl (C=O) groups excluding carboxylic acids is 2. The van der Waals surface area contributed by atoms with Gasteiger partial charge in [-0.3, -0.25) is 4.79 Å². The fraction of sp³-hybridized carbons (Fsp3) is 0.0909. The minimum atomic E-state index is -1.02. The van der Waals surface area contributed by atoms with Crippen LogP contribution in [0.3, 0.4) is 0 Å². The van der Waals surface area contributed by atoms with Crippen LogP contribution in [0, 0.1) is 4.91 Å². The molecular formula is C11H8ClNO5. The van der Waals surface area contributed by atoms with Gasteiger partial charge in [-0.15, -0.1) is 4.91 Å². The molecule has 1 N–H and O–H groups in total. The normalized spacial score (nSPS) is 10.9. The number of hydrogen-bond acceptors (Lipinski definition) is 6. The number of phenols is 1. The lowest BCUT2D eigenvalue weighted by atomic mass is 10.1. The van der Waals surface area contributed by atoms with Crippen LogP contribution in [-0.4, -0.2) is 24.0 Å². The summed E-state index contributed by atoms with van der Waals surface area (Å²) in [5.41, 5.74) is -0.633. The number of methoxy groups -OCH3 is 1. The van der Waals surface area contributed by atoms with E-state index in [9.17, 15) is 14.5 Å². The zero-order valence-corrected chi connectivity index (χ0v) is 9.97. The van der Waals surface area contributed by atoms with E-state index in [1.807, 2.05) is 0 Å². The average Bonchev–Trinajstić information content (AvgIpc) is 2.34. The molecule has 0 saturated heterocycles. The summed E-state index contributed by atoms with van der Waals surface area (Å²) < 4.78 is 4.26. The minimum absolute atomic E-state index is 0.00800. The van der Waals surface area contributed by atoms with Crippen molar-refractivity contribution in [2.24, 2.45) is 5.18 Å². The van der Waals surface area contributed by atoms with Crippen molar-refractivity contribution < 1.29 is 19.4 Å². The first-order valence-corrected chi connectivity index (χ1v) is 5.03. The Balaban J connectivity index is 3.11. The van der Waals surface area contributed by atoms with Crippen molar-refractivity contribution in [3.05, 3.63) is 45.5 Å². The number of phenolic OH excluding ortho intramolecular Hbond substituents is 1. The number of nitrogens with zero attached hydrogens (tertiary/aromatic N) is 1. The van der Waals surface area contributed by atoms with Crippen LogP contribution in [0.25, 0.3) is 0 Å². The van der Waals surface area contributed by atoms with Gasteiger partial charge in [0.15, 0.2) is 11.5 Å². The lowest BCUT2D eigenvalue weighted by molar-refractivity contribution is -0.136. The van der Waals surface area contributed by atoms with Crippen LogP contribution in [0.4, 0.5) is 0 Å². The standard InChI is InChI=1S/C11H8ClNO5/c1-18-11(16)9(13-17)5-10(15)7-3-2-6(14)4-8(7)12/h2-5,14H,1H3. The van der Waals surface area contributed by atoms with Gasteiger partial charge >= 0.3 is 5.97 Å². The van der Waals surface area contributed by atoms with Crippen molar-refractivity contribution in [1.29, 1.82) is 0 Å². The molecule has 7 heteroatoms. The molecule has 0 unspecified atom stereocenters. The minimum Gasteiger partial charge on any atom is -0.508 e. The molecule has 1 aromatic carbocycles. The molecule has 94 valence electrons. The van der Waals surface area contributed by atoms with Gasteiger partial charge in [-0.1, -0.05) is 11.6 Å². The molecule has 0 heterocycles. The lowest BCUT2D eigenvalue weighted by Gasteiger charge is -2.01. The molecule has 0 atom stereocenters. The number of allylic oxidation sites excluding steroid dienone is 1. The number of aromatic hydroxyl groups is 1. The highest BCUT2D eigenvalue weighted by atomic mass is 35.5. The van der Waals surface area contributed by atoms with Crippen molar-refractivity contribution >= 4 is 23.4 Å². The summed E-state index contributed by atoms with van der Waals surface area (Å²) >= 11 is 5.73. The van der Waals surface area contributed by atoms with Gasteiger partial charge in [0.25, 0.3) is 0 Å². The van der Waals surface area contributed by atoms with Crippen molar-refractivity contribution in [2.45, 2.75) is 0 Å². The number of nitroso groups, excluding NO2 is 1. The van der Waals surface area contributed by atoms with Crippen LogP contribution < -0.4 is 0 Å². The molecule has 0 aliphatic heterocycles. The van der Waals surface area contributed by atoms with E-state index in [0.29, 0.717) is 0 Å². The number of ether oxygens (including phenoxy) is 1. The fourth-order valence-corrected chi connectivity index (χ4v) is 1.40. The van der Waals surface area contributed by atoms with Crippen LogP contribution in [0.5, 0.6) is 5.75 Å². The largest absolute Gasteiger partial charge is 0.508 e. The SMILES string of the molecule is COC(=O)C(=CC(=O)c1ccc(O)cc1Cl)N=O. The van der Waals surface area contributed by atoms with Crippen LogP contribution in [0.2, 0.25) is 5.02 Å². The van der Waals surface area contributed by atoms with Gasteiger partial charge in [0, 0.05) is 11.6 Å². The maximum absolute atomic E-state index is 11.7. The molecule has 0 spiro atoms. The Morgan fingerprint density at radius 2 is 2.11 bits per heavy atom. The first kappa shape index (κ1) is 13.9. The van der Waals surface area contributed by atoms with Gasteiger partial charge in [-0.2, -0.15) is 0 Å². The summed E-state index contributed by atoms with van der Waals surface area (Å²) in [7, 11) is 1.05. The third-order valence-corrected chi connectivity index (χ3v) is 2.29. The zero-order valence-electron chi connectivity index (χ0n) is 9.21. The van der Waals surface area contributed by atoms with Gasteiger partial charge in [0.2, 0.25) is 0 Å². The number of benzene rings is 1. The Morgan fingerprint density at radius 1 is 1.44 bits per heavy atom. The van der Waals surface area contributed by atoms with E-state index in [-0.39, 0.29) is 16.3 Å². The summed E-state index contributed by atoms with van der Waals surface area (Å²) in [6.07, 6.45) is 0.719. The Hall–Kier alpha value is -2.21. The van der Waals surface area contributed by atoms with Gasteiger partial charge in [0.05, 0.1) is 12.1 Å². The quantitative estimate of drug-likeness (QED) is 0.391. The lowest BCUT2D eigenvalue weighted by Crippen LogP contribution is -2.06. The Bertz CT molecular complexity index is 538. The van der Waals surface area contributed by atoms with Crippen molar-refractivity contribution in [3.63, 3.8) is 0 Å². The molecule has 0 aliphatic carbocycles. The van der Waals surface area contributed by atoms with Crippen LogP contribution in [0.15, 0.2) is 35.1 Å². The molecule has 0 amide bonds. The summed E-state index contributed by atoms with van der Waals surface area (Å²) in [5, 5.41) is 11.5. The van der Waals surface area contributed by atoms with Gasteiger partial charge in [-0.25, -0.2) is 4.79 Å². The van der Waals surface area contributed by atoms with Gasteiger partial charge in [0.1, 0.15) is 5.75 Å². The highest BCUT2D eigenvalue weighted by Crippen LogP contribution is 2.22. The summed E-state index contributed by atoms with van der Waals surface area (Å²) in [4.78, 5) is 33.1. The number of carbonyl (C=O) groups is 2. The molecule has 0 saturated carbocycles. The number of rotatable bonds is 4. The molecule has 18 heavy (non-hydrogen) atoms.